The third-order valence-corrected chi connectivity index (χ3v) is 4.13. The summed E-state index contributed by atoms with van der Waals surface area (Å²) in [5, 5.41) is 6.75. The first-order chi connectivity index (χ1) is 13.8. The van der Waals surface area contributed by atoms with E-state index < -0.39 is 17.3 Å². The molecule has 1 aromatic carbocycles. The van der Waals surface area contributed by atoms with Crippen molar-refractivity contribution in [3.8, 4) is 5.69 Å². The standard InChI is InChI=1S/C18H18F3N5O3/c1-29-7-3-6-22-15(27)10-25-11-23-16-14(17(25)28)9-24-26(16)13-5-2-4-12(8-13)18(19,20)21/h2,4-5,8-9,11H,3,6-7,10H2,1H3,(H,22,27). The minimum Gasteiger partial charge on any atom is -0.385 e. The molecule has 0 aliphatic carbocycles. The van der Waals surface area contributed by atoms with Crippen LogP contribution in [0.4, 0.5) is 13.2 Å². The highest BCUT2D eigenvalue weighted by Crippen LogP contribution is 2.30. The number of aromatic nitrogens is 4. The van der Waals surface area contributed by atoms with Gasteiger partial charge in [0.25, 0.3) is 5.56 Å². The van der Waals surface area contributed by atoms with E-state index in [-0.39, 0.29) is 29.2 Å². The number of rotatable bonds is 7. The van der Waals surface area contributed by atoms with Crippen molar-refractivity contribution in [2.24, 2.45) is 0 Å². The smallest absolute Gasteiger partial charge is 0.385 e. The Morgan fingerprint density at radius 1 is 1.31 bits per heavy atom. The average Bonchev–Trinajstić information content (AvgIpc) is 3.12. The maximum absolute atomic E-state index is 12.9. The first-order valence-electron chi connectivity index (χ1n) is 8.67. The van der Waals surface area contributed by atoms with Crippen molar-refractivity contribution in [2.75, 3.05) is 20.3 Å². The Morgan fingerprint density at radius 2 is 2.10 bits per heavy atom. The van der Waals surface area contributed by atoms with E-state index in [1.165, 1.54) is 24.7 Å². The van der Waals surface area contributed by atoms with Crippen LogP contribution in [0, 0.1) is 0 Å². The van der Waals surface area contributed by atoms with Crippen LogP contribution in [0.15, 0.2) is 41.6 Å². The lowest BCUT2D eigenvalue weighted by Gasteiger charge is -2.09. The summed E-state index contributed by atoms with van der Waals surface area (Å²) in [5.41, 5.74) is -1.13. The van der Waals surface area contributed by atoms with E-state index in [0.29, 0.717) is 19.6 Å². The molecule has 0 fully saturated rings. The third-order valence-electron chi connectivity index (χ3n) is 4.13. The van der Waals surface area contributed by atoms with Crippen molar-refractivity contribution < 1.29 is 22.7 Å². The normalized spacial score (nSPS) is 11.7. The van der Waals surface area contributed by atoms with Gasteiger partial charge in [-0.05, 0) is 24.6 Å². The SMILES string of the molecule is COCCCNC(=O)Cn1cnc2c(cnn2-c2cccc(C(F)(F)F)c2)c1=O. The zero-order valence-corrected chi connectivity index (χ0v) is 15.4. The quantitative estimate of drug-likeness (QED) is 0.601. The highest BCUT2D eigenvalue weighted by Gasteiger charge is 2.30. The van der Waals surface area contributed by atoms with E-state index >= 15 is 0 Å². The monoisotopic (exact) mass is 409 g/mol. The second-order valence-electron chi connectivity index (χ2n) is 6.22. The number of nitrogens with one attached hydrogen (secondary N) is 1. The van der Waals surface area contributed by atoms with Gasteiger partial charge in [-0.1, -0.05) is 6.07 Å². The molecule has 0 atom stereocenters. The molecular weight excluding hydrogens is 391 g/mol. The predicted molar refractivity (Wildman–Crippen MR) is 97.6 cm³/mol. The van der Waals surface area contributed by atoms with E-state index in [4.69, 9.17) is 4.74 Å². The van der Waals surface area contributed by atoms with Crippen LogP contribution in [0.2, 0.25) is 0 Å². The molecule has 0 aliphatic rings. The molecule has 3 aromatic rings. The lowest BCUT2D eigenvalue weighted by Crippen LogP contribution is -2.33. The molecule has 29 heavy (non-hydrogen) atoms. The van der Waals surface area contributed by atoms with Crippen LogP contribution in [0.25, 0.3) is 16.7 Å². The number of alkyl halides is 3. The van der Waals surface area contributed by atoms with Crippen molar-refractivity contribution in [1.29, 1.82) is 0 Å². The fraction of sp³-hybridized carbons (Fsp3) is 0.333. The van der Waals surface area contributed by atoms with Gasteiger partial charge in [-0.25, -0.2) is 9.67 Å². The second kappa shape index (κ2) is 8.43. The highest BCUT2D eigenvalue weighted by molar-refractivity contribution is 5.77. The van der Waals surface area contributed by atoms with Crippen LogP contribution >= 0.6 is 0 Å². The lowest BCUT2D eigenvalue weighted by molar-refractivity contribution is -0.137. The van der Waals surface area contributed by atoms with Gasteiger partial charge < -0.3 is 10.1 Å². The molecule has 1 amide bonds. The summed E-state index contributed by atoms with van der Waals surface area (Å²) in [6, 6.07) is 4.55. The number of carbonyl (C=O) groups is 1. The molecule has 0 spiro atoms. The number of halogens is 3. The number of hydrogen-bond acceptors (Lipinski definition) is 5. The third kappa shape index (κ3) is 4.62. The maximum Gasteiger partial charge on any atom is 0.416 e. The first-order valence-corrected chi connectivity index (χ1v) is 8.67. The van der Waals surface area contributed by atoms with Crippen molar-refractivity contribution in [2.45, 2.75) is 19.1 Å². The van der Waals surface area contributed by atoms with E-state index in [1.54, 1.807) is 7.11 Å². The molecule has 1 N–H and O–H groups in total. The van der Waals surface area contributed by atoms with Crippen molar-refractivity contribution in [3.63, 3.8) is 0 Å². The Balaban J connectivity index is 1.85. The number of benzene rings is 1. The van der Waals surface area contributed by atoms with E-state index in [9.17, 15) is 22.8 Å². The van der Waals surface area contributed by atoms with Gasteiger partial charge in [0.2, 0.25) is 5.91 Å². The van der Waals surface area contributed by atoms with Crippen molar-refractivity contribution in [3.05, 3.63) is 52.7 Å². The molecule has 154 valence electrons. The van der Waals surface area contributed by atoms with Crippen LogP contribution in [0.5, 0.6) is 0 Å². The van der Waals surface area contributed by atoms with Gasteiger partial charge >= 0.3 is 6.18 Å². The zero-order chi connectivity index (χ0) is 21.0. The number of carbonyl (C=O) groups excluding carboxylic acids is 1. The summed E-state index contributed by atoms with van der Waals surface area (Å²) in [5.74, 6) is -0.366. The minimum absolute atomic E-state index is 0.0945. The number of nitrogens with zero attached hydrogens (tertiary/aromatic N) is 4. The Morgan fingerprint density at radius 3 is 2.83 bits per heavy atom. The van der Waals surface area contributed by atoms with Gasteiger partial charge in [-0.15, -0.1) is 0 Å². The second-order valence-corrected chi connectivity index (χ2v) is 6.22. The number of fused-ring (bicyclic) bond motifs is 1. The molecule has 0 saturated heterocycles. The van der Waals surface area contributed by atoms with Gasteiger partial charge in [0.15, 0.2) is 5.65 Å². The van der Waals surface area contributed by atoms with Crippen LogP contribution in [-0.4, -0.2) is 45.5 Å². The molecule has 0 aliphatic heterocycles. The number of methoxy groups -OCH3 is 1. The van der Waals surface area contributed by atoms with Gasteiger partial charge in [0, 0.05) is 20.3 Å². The Labute approximate surface area is 162 Å². The zero-order valence-electron chi connectivity index (χ0n) is 15.4. The van der Waals surface area contributed by atoms with Gasteiger partial charge in [-0.2, -0.15) is 18.3 Å². The van der Waals surface area contributed by atoms with E-state index in [1.807, 2.05) is 0 Å². The molecule has 11 heteroatoms. The topological polar surface area (TPSA) is 91.0 Å². The number of amides is 1. The summed E-state index contributed by atoms with van der Waals surface area (Å²) in [4.78, 5) is 28.7. The molecule has 0 bridgehead atoms. The summed E-state index contributed by atoms with van der Waals surface area (Å²) >= 11 is 0. The lowest BCUT2D eigenvalue weighted by atomic mass is 10.2. The maximum atomic E-state index is 12.9. The fourth-order valence-electron chi connectivity index (χ4n) is 2.72. The Bertz CT molecular complexity index is 1070. The van der Waals surface area contributed by atoms with Gasteiger partial charge in [-0.3, -0.25) is 14.2 Å². The molecule has 2 aromatic heterocycles. The van der Waals surface area contributed by atoms with Crippen LogP contribution in [-0.2, 0) is 22.3 Å². The Hall–Kier alpha value is -3.21. The van der Waals surface area contributed by atoms with Crippen molar-refractivity contribution in [1.82, 2.24) is 24.6 Å². The van der Waals surface area contributed by atoms with E-state index in [2.05, 4.69) is 15.4 Å². The largest absolute Gasteiger partial charge is 0.416 e. The highest BCUT2D eigenvalue weighted by atomic mass is 19.4. The molecule has 3 rings (SSSR count). The summed E-state index contributed by atoms with van der Waals surface area (Å²) in [7, 11) is 1.56. The number of hydrogen-bond donors (Lipinski definition) is 1. The van der Waals surface area contributed by atoms with Gasteiger partial charge in [0.05, 0.1) is 17.4 Å². The predicted octanol–water partition coefficient (Wildman–Crippen LogP) is 1.75. The number of ether oxygens (including phenoxy) is 1. The summed E-state index contributed by atoms with van der Waals surface area (Å²) in [6.45, 7) is 0.677. The van der Waals surface area contributed by atoms with Crippen LogP contribution in [0.3, 0.4) is 0 Å². The summed E-state index contributed by atoms with van der Waals surface area (Å²) < 4.78 is 46.0. The first kappa shape index (κ1) is 20.5. The minimum atomic E-state index is -4.50. The average molecular weight is 409 g/mol. The van der Waals surface area contributed by atoms with E-state index in [0.717, 1.165) is 21.4 Å². The molecule has 0 saturated carbocycles. The molecule has 2 heterocycles. The summed E-state index contributed by atoms with van der Waals surface area (Å²) in [6.07, 6.45) is -1.48. The Kier molecular flexibility index (Phi) is 5.97. The van der Waals surface area contributed by atoms with Crippen LogP contribution < -0.4 is 10.9 Å². The molecular formula is C18H18F3N5O3. The molecule has 8 nitrogen and oxygen atoms in total. The molecule has 0 radical (unpaired) electrons. The van der Waals surface area contributed by atoms with Crippen LogP contribution in [0.1, 0.15) is 12.0 Å². The fourth-order valence-corrected chi connectivity index (χ4v) is 2.72. The molecule has 0 unspecified atom stereocenters. The van der Waals surface area contributed by atoms with Gasteiger partial charge in [0.1, 0.15) is 18.3 Å². The van der Waals surface area contributed by atoms with Crippen molar-refractivity contribution >= 4 is 16.9 Å².